The third-order valence-corrected chi connectivity index (χ3v) is 5.57. The Morgan fingerprint density at radius 1 is 1.30 bits per heavy atom. The van der Waals surface area contributed by atoms with Crippen molar-refractivity contribution in [3.63, 3.8) is 0 Å². The number of hydrogen-bond donors (Lipinski definition) is 0. The van der Waals surface area contributed by atoms with E-state index in [4.69, 9.17) is 11.2 Å². The summed E-state index contributed by atoms with van der Waals surface area (Å²) in [6.45, 7) is 0.233. The minimum atomic E-state index is -0.0626. The van der Waals surface area contributed by atoms with Gasteiger partial charge in [0.25, 0.3) is 5.91 Å². The lowest BCUT2D eigenvalue weighted by atomic mass is 10.2. The van der Waals surface area contributed by atoms with Gasteiger partial charge >= 0.3 is 0 Å². The highest BCUT2D eigenvalue weighted by Crippen LogP contribution is 2.33. The van der Waals surface area contributed by atoms with Crippen molar-refractivity contribution in [1.29, 1.82) is 0 Å². The molecule has 0 saturated carbocycles. The molecule has 1 saturated heterocycles. The molecule has 3 rings (SSSR count). The Hall–Kier alpha value is -2.62. The number of rotatable bonds is 5. The summed E-state index contributed by atoms with van der Waals surface area (Å²) >= 11 is 3.03. The van der Waals surface area contributed by atoms with Gasteiger partial charge in [-0.15, -0.1) is 18.2 Å². The molecule has 2 aromatic carbocycles. The van der Waals surface area contributed by atoms with Crippen molar-refractivity contribution < 1.29 is 9.53 Å². The van der Waals surface area contributed by atoms with Crippen molar-refractivity contribution >= 4 is 46.4 Å². The van der Waals surface area contributed by atoms with E-state index in [1.807, 2.05) is 60.9 Å². The number of terminal acetylenes is 1. The molecule has 0 bridgehead atoms. The third kappa shape index (κ3) is 4.76. The number of amidine groups is 1. The molecule has 0 atom stereocenters. The van der Waals surface area contributed by atoms with Gasteiger partial charge in [-0.05, 0) is 60.0 Å². The van der Waals surface area contributed by atoms with E-state index in [9.17, 15) is 4.79 Å². The quantitative estimate of drug-likeness (QED) is 0.420. The molecule has 0 spiro atoms. The summed E-state index contributed by atoms with van der Waals surface area (Å²) < 4.78 is 5.36. The molecule has 136 valence electrons. The van der Waals surface area contributed by atoms with Crippen LogP contribution in [0, 0.1) is 12.3 Å². The first kappa shape index (κ1) is 19.2. The molecule has 4 nitrogen and oxygen atoms in total. The van der Waals surface area contributed by atoms with Gasteiger partial charge in [0.1, 0.15) is 12.4 Å². The minimum Gasteiger partial charge on any atom is -0.481 e. The molecule has 1 amide bonds. The van der Waals surface area contributed by atoms with E-state index in [1.165, 1.54) is 11.8 Å². The second-order valence-corrected chi connectivity index (χ2v) is 7.52. The van der Waals surface area contributed by atoms with Crippen LogP contribution in [0.3, 0.4) is 0 Å². The number of thioether (sulfide) groups is 2. The first-order valence-corrected chi connectivity index (χ1v) is 10.2. The largest absolute Gasteiger partial charge is 0.481 e. The highest BCUT2D eigenvalue weighted by atomic mass is 32.2. The van der Waals surface area contributed by atoms with Gasteiger partial charge in [-0.3, -0.25) is 9.69 Å². The number of likely N-dealkylation sites (N-methyl/N-ethyl adjacent to an activating group) is 1. The molecule has 0 aromatic heterocycles. The molecule has 1 heterocycles. The number of nitrogens with zero attached hydrogens (tertiary/aromatic N) is 2. The minimum absolute atomic E-state index is 0.0626. The van der Waals surface area contributed by atoms with Crippen LogP contribution in [0.5, 0.6) is 5.75 Å². The number of carbonyl (C=O) groups is 1. The molecular weight excluding hydrogens is 376 g/mol. The summed E-state index contributed by atoms with van der Waals surface area (Å²) in [6.07, 6.45) is 9.07. The van der Waals surface area contributed by atoms with Gasteiger partial charge in [0.05, 0.1) is 10.6 Å². The van der Waals surface area contributed by atoms with Gasteiger partial charge < -0.3 is 4.74 Å². The maximum absolute atomic E-state index is 12.5. The Morgan fingerprint density at radius 3 is 2.78 bits per heavy atom. The number of ether oxygens (including phenoxy) is 1. The zero-order valence-corrected chi connectivity index (χ0v) is 16.6. The van der Waals surface area contributed by atoms with E-state index in [-0.39, 0.29) is 12.5 Å². The van der Waals surface area contributed by atoms with Crippen molar-refractivity contribution in [3.05, 3.63) is 59.0 Å². The van der Waals surface area contributed by atoms with Crippen LogP contribution < -0.4 is 4.74 Å². The van der Waals surface area contributed by atoms with E-state index >= 15 is 0 Å². The van der Waals surface area contributed by atoms with Crippen LogP contribution >= 0.6 is 23.5 Å². The molecule has 0 unspecified atom stereocenters. The van der Waals surface area contributed by atoms with Crippen molar-refractivity contribution in [2.24, 2.45) is 4.99 Å². The van der Waals surface area contributed by atoms with E-state index in [0.29, 0.717) is 15.8 Å². The SMILES string of the molecule is C#CCOc1ccc(/C=C2/SC(=Nc3cccc(SC)c3)N(C)C2=O)cc1. The topological polar surface area (TPSA) is 41.9 Å². The van der Waals surface area contributed by atoms with E-state index in [1.54, 1.807) is 23.7 Å². The number of benzene rings is 2. The van der Waals surface area contributed by atoms with Crippen molar-refractivity contribution in [2.75, 3.05) is 19.9 Å². The molecule has 27 heavy (non-hydrogen) atoms. The second-order valence-electron chi connectivity index (χ2n) is 5.63. The molecule has 0 N–H and O–H groups in total. The molecule has 1 aliphatic rings. The summed E-state index contributed by atoms with van der Waals surface area (Å²) in [6, 6.07) is 15.4. The lowest BCUT2D eigenvalue weighted by Crippen LogP contribution is -2.23. The van der Waals surface area contributed by atoms with E-state index in [0.717, 1.165) is 16.1 Å². The van der Waals surface area contributed by atoms with Crippen LogP contribution in [0.1, 0.15) is 5.56 Å². The van der Waals surface area contributed by atoms with Crippen LogP contribution in [-0.4, -0.2) is 35.9 Å². The Balaban J connectivity index is 1.79. The monoisotopic (exact) mass is 394 g/mol. The maximum Gasteiger partial charge on any atom is 0.266 e. The molecule has 1 fully saturated rings. The zero-order chi connectivity index (χ0) is 19.2. The van der Waals surface area contributed by atoms with Crippen LogP contribution in [0.4, 0.5) is 5.69 Å². The summed E-state index contributed by atoms with van der Waals surface area (Å²) in [7, 11) is 1.74. The summed E-state index contributed by atoms with van der Waals surface area (Å²) in [4.78, 5) is 20.5. The van der Waals surface area contributed by atoms with Gasteiger partial charge in [0.15, 0.2) is 5.17 Å². The van der Waals surface area contributed by atoms with Crippen LogP contribution in [0.25, 0.3) is 6.08 Å². The van der Waals surface area contributed by atoms with Gasteiger partial charge in [0.2, 0.25) is 0 Å². The average molecular weight is 395 g/mol. The molecule has 6 heteroatoms. The van der Waals surface area contributed by atoms with Crippen molar-refractivity contribution in [3.8, 4) is 18.1 Å². The Labute approximate surface area is 167 Å². The Morgan fingerprint density at radius 2 is 2.07 bits per heavy atom. The first-order chi connectivity index (χ1) is 13.1. The fraction of sp³-hybridized carbons (Fsp3) is 0.143. The molecule has 1 aliphatic heterocycles. The molecule has 0 aliphatic carbocycles. The molecule has 2 aromatic rings. The van der Waals surface area contributed by atoms with Gasteiger partial charge in [-0.1, -0.05) is 24.1 Å². The zero-order valence-electron chi connectivity index (χ0n) is 15.0. The third-order valence-electron chi connectivity index (χ3n) is 3.78. The van der Waals surface area contributed by atoms with Gasteiger partial charge in [-0.2, -0.15) is 0 Å². The summed E-state index contributed by atoms with van der Waals surface area (Å²) in [5.41, 5.74) is 1.75. The number of hydrogen-bond acceptors (Lipinski definition) is 5. The van der Waals surface area contributed by atoms with Crippen LogP contribution in [0.2, 0.25) is 0 Å². The fourth-order valence-electron chi connectivity index (χ4n) is 2.38. The van der Waals surface area contributed by atoms with Crippen LogP contribution in [-0.2, 0) is 4.79 Å². The number of amides is 1. The van der Waals surface area contributed by atoms with Crippen molar-refractivity contribution in [2.45, 2.75) is 4.90 Å². The normalized spacial score (nSPS) is 16.8. The Bertz CT molecular complexity index is 943. The summed E-state index contributed by atoms with van der Waals surface area (Å²) in [5.74, 6) is 3.07. The lowest BCUT2D eigenvalue weighted by molar-refractivity contribution is -0.121. The number of carbonyl (C=O) groups excluding carboxylic acids is 1. The second kappa shape index (κ2) is 8.85. The standard InChI is InChI=1S/C21H18N2O2S2/c1-4-12-25-17-10-8-15(9-11-17)13-19-20(24)23(2)21(27-19)22-16-6-5-7-18(14-16)26-3/h1,5-11,13-14H,12H2,2-3H3/b19-13+,22-21?. The van der Waals surface area contributed by atoms with E-state index < -0.39 is 0 Å². The fourth-order valence-corrected chi connectivity index (χ4v) is 3.82. The van der Waals surface area contributed by atoms with Crippen LogP contribution in [0.15, 0.2) is 63.3 Å². The maximum atomic E-state index is 12.5. The smallest absolute Gasteiger partial charge is 0.266 e. The van der Waals surface area contributed by atoms with Gasteiger partial charge in [-0.25, -0.2) is 4.99 Å². The Kier molecular flexibility index (Phi) is 6.28. The molecular formula is C21H18N2O2S2. The number of aliphatic imine (C=N–C) groups is 1. The van der Waals surface area contributed by atoms with Crippen molar-refractivity contribution in [1.82, 2.24) is 4.90 Å². The average Bonchev–Trinajstić information content (AvgIpc) is 2.95. The van der Waals surface area contributed by atoms with Gasteiger partial charge in [0, 0.05) is 11.9 Å². The highest BCUT2D eigenvalue weighted by Gasteiger charge is 2.30. The summed E-state index contributed by atoms with van der Waals surface area (Å²) in [5, 5.41) is 0.665. The lowest BCUT2D eigenvalue weighted by Gasteiger charge is -2.07. The highest BCUT2D eigenvalue weighted by molar-refractivity contribution is 8.18. The molecule has 0 radical (unpaired) electrons. The van der Waals surface area contributed by atoms with E-state index in [2.05, 4.69) is 10.9 Å². The predicted molar refractivity (Wildman–Crippen MR) is 114 cm³/mol. The predicted octanol–water partition coefficient (Wildman–Crippen LogP) is 4.65. The first-order valence-electron chi connectivity index (χ1n) is 8.17.